The third-order valence-corrected chi connectivity index (χ3v) is 3.12. The number of anilines is 1. The maximum atomic E-state index is 12.1. The van der Waals surface area contributed by atoms with Crippen molar-refractivity contribution in [2.75, 3.05) is 19.5 Å². The molecule has 6 heteroatoms. The first-order chi connectivity index (χ1) is 9.51. The number of rotatable bonds is 3. The van der Waals surface area contributed by atoms with Gasteiger partial charge in [0.05, 0.1) is 7.11 Å². The molecule has 0 saturated heterocycles. The molecule has 1 aliphatic rings. The van der Waals surface area contributed by atoms with Crippen LogP contribution in [0.1, 0.15) is 18.4 Å². The van der Waals surface area contributed by atoms with Crippen LogP contribution in [-0.2, 0) is 9.59 Å². The number of ether oxygens (including phenoxy) is 1. The zero-order valence-corrected chi connectivity index (χ0v) is 11.8. The van der Waals surface area contributed by atoms with Crippen LogP contribution >= 0.6 is 0 Å². The van der Waals surface area contributed by atoms with E-state index in [9.17, 15) is 9.59 Å². The number of nitrogens with zero attached hydrogens (tertiary/aromatic N) is 2. The molecule has 0 saturated carbocycles. The summed E-state index contributed by atoms with van der Waals surface area (Å²) in [7, 11) is 3.15. The fourth-order valence-electron chi connectivity index (χ4n) is 1.99. The van der Waals surface area contributed by atoms with Gasteiger partial charge in [-0.05, 0) is 30.7 Å². The van der Waals surface area contributed by atoms with E-state index in [1.807, 2.05) is 13.0 Å². The zero-order chi connectivity index (χ0) is 14.7. The molecule has 0 aromatic heterocycles. The van der Waals surface area contributed by atoms with E-state index in [-0.39, 0.29) is 11.8 Å². The molecule has 1 aromatic carbocycles. The number of amides is 2. The van der Waals surface area contributed by atoms with Crippen molar-refractivity contribution in [1.29, 1.82) is 0 Å². The number of hydrazone groups is 1. The van der Waals surface area contributed by atoms with Gasteiger partial charge in [-0.15, -0.1) is 0 Å². The van der Waals surface area contributed by atoms with Gasteiger partial charge in [0.2, 0.25) is 5.91 Å². The van der Waals surface area contributed by atoms with Crippen molar-refractivity contribution in [3.8, 4) is 5.75 Å². The van der Waals surface area contributed by atoms with Gasteiger partial charge in [0, 0.05) is 25.6 Å². The van der Waals surface area contributed by atoms with Gasteiger partial charge in [-0.2, -0.15) is 5.10 Å². The first-order valence-electron chi connectivity index (χ1n) is 6.31. The van der Waals surface area contributed by atoms with E-state index in [4.69, 9.17) is 4.74 Å². The van der Waals surface area contributed by atoms with E-state index in [1.54, 1.807) is 26.3 Å². The van der Waals surface area contributed by atoms with Crippen LogP contribution in [0.4, 0.5) is 5.69 Å². The van der Waals surface area contributed by atoms with Crippen molar-refractivity contribution in [2.24, 2.45) is 5.10 Å². The topological polar surface area (TPSA) is 71.0 Å². The lowest BCUT2D eigenvalue weighted by Crippen LogP contribution is -2.34. The summed E-state index contributed by atoms with van der Waals surface area (Å²) in [5.74, 6) is 0.402. The third-order valence-electron chi connectivity index (χ3n) is 3.12. The molecule has 1 N–H and O–H groups in total. The van der Waals surface area contributed by atoms with Gasteiger partial charge in [-0.25, -0.2) is 5.01 Å². The quantitative estimate of drug-likeness (QED) is 0.909. The minimum absolute atomic E-state index is 0.0816. The smallest absolute Gasteiger partial charge is 0.271 e. The fraction of sp³-hybridized carbons (Fsp3) is 0.357. The van der Waals surface area contributed by atoms with Gasteiger partial charge in [0.1, 0.15) is 11.5 Å². The van der Waals surface area contributed by atoms with Crippen molar-refractivity contribution in [3.05, 3.63) is 23.8 Å². The number of nitrogens with one attached hydrogen (secondary N) is 1. The number of methoxy groups -OCH3 is 1. The van der Waals surface area contributed by atoms with Crippen molar-refractivity contribution in [1.82, 2.24) is 5.01 Å². The second kappa shape index (κ2) is 5.73. The lowest BCUT2D eigenvalue weighted by Gasteiger charge is -2.19. The molecule has 1 heterocycles. The van der Waals surface area contributed by atoms with Gasteiger partial charge >= 0.3 is 0 Å². The zero-order valence-electron chi connectivity index (χ0n) is 11.8. The van der Waals surface area contributed by atoms with Crippen LogP contribution in [0.5, 0.6) is 5.75 Å². The van der Waals surface area contributed by atoms with Gasteiger partial charge in [-0.1, -0.05) is 0 Å². The second-order valence-electron chi connectivity index (χ2n) is 4.60. The highest BCUT2D eigenvalue weighted by molar-refractivity contribution is 6.43. The molecule has 0 radical (unpaired) electrons. The normalized spacial score (nSPS) is 14.8. The Balaban J connectivity index is 2.10. The van der Waals surface area contributed by atoms with Crippen LogP contribution in [0.25, 0.3) is 0 Å². The van der Waals surface area contributed by atoms with Gasteiger partial charge in [0.15, 0.2) is 0 Å². The highest BCUT2D eigenvalue weighted by Crippen LogP contribution is 2.21. The van der Waals surface area contributed by atoms with Crippen molar-refractivity contribution in [2.45, 2.75) is 19.8 Å². The summed E-state index contributed by atoms with van der Waals surface area (Å²) in [5, 5.41) is 7.96. The Labute approximate surface area is 117 Å². The molecule has 0 fully saturated rings. The van der Waals surface area contributed by atoms with E-state index < -0.39 is 0 Å². The third kappa shape index (κ3) is 2.96. The monoisotopic (exact) mass is 275 g/mol. The predicted octanol–water partition coefficient (Wildman–Crippen LogP) is 1.55. The number of hydrogen-bond acceptors (Lipinski definition) is 4. The van der Waals surface area contributed by atoms with E-state index in [2.05, 4.69) is 10.4 Å². The summed E-state index contributed by atoms with van der Waals surface area (Å²) in [4.78, 5) is 23.4. The summed E-state index contributed by atoms with van der Waals surface area (Å²) in [5.41, 5.74) is 1.97. The molecule has 0 atom stereocenters. The van der Waals surface area contributed by atoms with E-state index >= 15 is 0 Å². The minimum atomic E-state index is -0.283. The van der Waals surface area contributed by atoms with Gasteiger partial charge in [-0.3, -0.25) is 9.59 Å². The second-order valence-corrected chi connectivity index (χ2v) is 4.60. The Morgan fingerprint density at radius 2 is 2.15 bits per heavy atom. The van der Waals surface area contributed by atoms with Gasteiger partial charge in [0.25, 0.3) is 5.91 Å². The highest BCUT2D eigenvalue weighted by Gasteiger charge is 2.22. The summed E-state index contributed by atoms with van der Waals surface area (Å²) in [6.07, 6.45) is 0.675. The van der Waals surface area contributed by atoms with E-state index in [1.165, 1.54) is 5.01 Å². The predicted molar refractivity (Wildman–Crippen MR) is 75.8 cm³/mol. The van der Waals surface area contributed by atoms with Crippen LogP contribution in [0.15, 0.2) is 23.3 Å². The molecule has 2 amide bonds. The lowest BCUT2D eigenvalue weighted by molar-refractivity contribution is -0.130. The summed E-state index contributed by atoms with van der Waals surface area (Å²) < 4.78 is 5.17. The minimum Gasteiger partial charge on any atom is -0.496 e. The van der Waals surface area contributed by atoms with Crippen LogP contribution in [0, 0.1) is 6.92 Å². The lowest BCUT2D eigenvalue weighted by atomic mass is 10.1. The highest BCUT2D eigenvalue weighted by atomic mass is 16.5. The first kappa shape index (κ1) is 14.0. The molecule has 1 aromatic rings. The molecule has 20 heavy (non-hydrogen) atoms. The van der Waals surface area contributed by atoms with Crippen LogP contribution in [0.2, 0.25) is 0 Å². The average Bonchev–Trinajstić information content (AvgIpc) is 2.42. The number of carbonyl (C=O) groups excluding carboxylic acids is 2. The molecular formula is C14H17N3O3. The Bertz CT molecular complexity index is 581. The molecule has 106 valence electrons. The molecule has 0 unspecified atom stereocenters. The maximum absolute atomic E-state index is 12.1. The van der Waals surface area contributed by atoms with Crippen molar-refractivity contribution in [3.63, 3.8) is 0 Å². The molecule has 1 aliphatic heterocycles. The first-order valence-corrected chi connectivity index (χ1v) is 6.31. The molecular weight excluding hydrogens is 258 g/mol. The van der Waals surface area contributed by atoms with Crippen molar-refractivity contribution < 1.29 is 14.3 Å². The molecule has 0 spiro atoms. The standard InChI is InChI=1S/C14H17N3O3/c1-9-8-10(4-6-12(9)20-3)15-14(19)11-5-7-13(18)17(2)16-11/h4,6,8H,5,7H2,1-3H3,(H,15,19). The Morgan fingerprint density at radius 3 is 2.75 bits per heavy atom. The molecule has 6 nitrogen and oxygen atoms in total. The average molecular weight is 275 g/mol. The van der Waals surface area contributed by atoms with E-state index in [0.29, 0.717) is 24.2 Å². The summed E-state index contributed by atoms with van der Waals surface area (Å²) in [6, 6.07) is 5.39. The SMILES string of the molecule is COc1ccc(NC(=O)C2=NN(C)C(=O)CC2)cc1C. The number of hydrogen-bond donors (Lipinski definition) is 1. The summed E-state index contributed by atoms with van der Waals surface area (Å²) >= 11 is 0. The Kier molecular flexibility index (Phi) is 4.02. The number of carbonyl (C=O) groups is 2. The Hall–Kier alpha value is -2.37. The van der Waals surface area contributed by atoms with Crippen LogP contribution < -0.4 is 10.1 Å². The largest absolute Gasteiger partial charge is 0.496 e. The number of aryl methyl sites for hydroxylation is 1. The summed E-state index contributed by atoms with van der Waals surface area (Å²) in [6.45, 7) is 1.90. The molecule has 0 aliphatic carbocycles. The Morgan fingerprint density at radius 1 is 1.40 bits per heavy atom. The van der Waals surface area contributed by atoms with E-state index in [0.717, 1.165) is 11.3 Å². The van der Waals surface area contributed by atoms with Crippen molar-refractivity contribution >= 4 is 23.2 Å². The molecule has 0 bridgehead atoms. The van der Waals surface area contributed by atoms with Crippen LogP contribution in [0.3, 0.4) is 0 Å². The maximum Gasteiger partial charge on any atom is 0.271 e. The van der Waals surface area contributed by atoms with Crippen LogP contribution in [-0.4, -0.2) is 36.7 Å². The number of benzene rings is 1. The van der Waals surface area contributed by atoms with Gasteiger partial charge < -0.3 is 10.1 Å². The molecule has 2 rings (SSSR count). The fourth-order valence-corrected chi connectivity index (χ4v) is 1.99.